The maximum atomic E-state index is 5.80. The molecule has 0 amide bonds. The minimum atomic E-state index is 0.775. The minimum Gasteiger partial charge on any atom is -0.399 e. The number of rotatable bonds is 1. The smallest absolute Gasteiger partial charge is 0.247 e. The van der Waals surface area contributed by atoms with E-state index in [9.17, 15) is 0 Å². The second-order valence-electron chi connectivity index (χ2n) is 3.76. The Morgan fingerprint density at radius 1 is 1.00 bits per heavy atom. The van der Waals surface area contributed by atoms with Crippen molar-refractivity contribution in [2.24, 2.45) is 0 Å². The number of hydrogen-bond donors (Lipinski definition) is 2. The number of hydrogen-bond acceptors (Lipinski definition) is 1. The third-order valence-corrected chi connectivity index (χ3v) is 2.66. The Bertz CT molecular complexity index is 626. The number of fused-ring (bicyclic) bond motifs is 1. The van der Waals surface area contributed by atoms with Crippen LogP contribution in [0, 0.1) is 0 Å². The van der Waals surface area contributed by atoms with E-state index in [1.54, 1.807) is 0 Å². The van der Waals surface area contributed by atoms with Gasteiger partial charge in [-0.15, -0.1) is 0 Å². The van der Waals surface area contributed by atoms with E-state index in [0.29, 0.717) is 0 Å². The lowest BCUT2D eigenvalue weighted by atomic mass is 10.2. The van der Waals surface area contributed by atoms with Crippen molar-refractivity contribution in [2.45, 2.75) is 0 Å². The van der Waals surface area contributed by atoms with E-state index >= 15 is 0 Å². The molecule has 78 valence electrons. The Kier molecular flexibility index (Phi) is 1.90. The van der Waals surface area contributed by atoms with E-state index in [-0.39, 0.29) is 0 Å². The molecule has 16 heavy (non-hydrogen) atoms. The highest BCUT2D eigenvalue weighted by atomic mass is 15.0. The van der Waals surface area contributed by atoms with Gasteiger partial charge in [0.15, 0.2) is 11.0 Å². The number of aromatic nitrogens is 2. The summed E-state index contributed by atoms with van der Waals surface area (Å²) in [6, 6.07) is 16.0. The van der Waals surface area contributed by atoms with Crippen LogP contribution in [0.2, 0.25) is 0 Å². The maximum absolute atomic E-state index is 5.80. The predicted octanol–water partition coefficient (Wildman–Crippen LogP) is 2.03. The zero-order chi connectivity index (χ0) is 11.0. The van der Waals surface area contributed by atoms with Crippen molar-refractivity contribution in [1.82, 2.24) is 4.98 Å². The fraction of sp³-hybridized carbons (Fsp3) is 0. The molecule has 0 bridgehead atoms. The summed E-state index contributed by atoms with van der Waals surface area (Å²) in [6.07, 6.45) is 1.94. The van der Waals surface area contributed by atoms with E-state index in [1.807, 2.05) is 42.7 Å². The summed E-state index contributed by atoms with van der Waals surface area (Å²) in [5.41, 5.74) is 9.87. The van der Waals surface area contributed by atoms with Gasteiger partial charge in [-0.05, 0) is 24.3 Å². The van der Waals surface area contributed by atoms with E-state index in [4.69, 9.17) is 5.73 Å². The molecule has 0 saturated heterocycles. The topological polar surface area (TPSA) is 45.7 Å². The van der Waals surface area contributed by atoms with Gasteiger partial charge in [-0.25, -0.2) is 4.98 Å². The molecular weight excluding hydrogens is 198 g/mol. The number of nitrogens with one attached hydrogen (secondary N) is 1. The molecule has 3 N–H and O–H groups in total. The normalized spacial score (nSPS) is 10.8. The van der Waals surface area contributed by atoms with Crippen LogP contribution < -0.4 is 10.3 Å². The van der Waals surface area contributed by atoms with Crippen LogP contribution in [0.5, 0.6) is 0 Å². The van der Waals surface area contributed by atoms with Gasteiger partial charge in [0, 0.05) is 11.8 Å². The van der Waals surface area contributed by atoms with Crippen LogP contribution in [-0.2, 0) is 0 Å². The molecule has 0 unspecified atom stereocenters. The van der Waals surface area contributed by atoms with Crippen molar-refractivity contribution in [2.75, 3.05) is 5.73 Å². The number of imidazole rings is 1. The summed E-state index contributed by atoms with van der Waals surface area (Å²) in [4.78, 5) is 3.22. The zero-order valence-corrected chi connectivity index (χ0v) is 8.72. The summed E-state index contributed by atoms with van der Waals surface area (Å²) in [5.74, 6) is 0. The van der Waals surface area contributed by atoms with Gasteiger partial charge in [-0.2, -0.15) is 4.57 Å². The van der Waals surface area contributed by atoms with Gasteiger partial charge in [0.1, 0.15) is 5.69 Å². The highest BCUT2D eigenvalue weighted by molar-refractivity contribution is 5.75. The highest BCUT2D eigenvalue weighted by Crippen LogP contribution is 2.13. The van der Waals surface area contributed by atoms with Crippen molar-refractivity contribution in [3.05, 3.63) is 54.9 Å². The molecule has 2 aromatic carbocycles. The highest BCUT2D eigenvalue weighted by Gasteiger charge is 2.10. The lowest BCUT2D eigenvalue weighted by molar-refractivity contribution is -0.567. The number of para-hydroxylation sites is 1. The van der Waals surface area contributed by atoms with Gasteiger partial charge in [0.2, 0.25) is 6.33 Å². The van der Waals surface area contributed by atoms with E-state index in [0.717, 1.165) is 22.4 Å². The van der Waals surface area contributed by atoms with Crippen molar-refractivity contribution in [1.29, 1.82) is 0 Å². The second kappa shape index (κ2) is 3.38. The molecule has 0 fully saturated rings. The second-order valence-corrected chi connectivity index (χ2v) is 3.76. The molecule has 0 saturated carbocycles. The summed E-state index contributed by atoms with van der Waals surface area (Å²) in [6.45, 7) is 0. The fourth-order valence-corrected chi connectivity index (χ4v) is 1.88. The van der Waals surface area contributed by atoms with Crippen LogP contribution in [-0.4, -0.2) is 4.98 Å². The van der Waals surface area contributed by atoms with Crippen molar-refractivity contribution in [3.63, 3.8) is 0 Å². The number of anilines is 1. The minimum absolute atomic E-state index is 0.775. The first-order chi connectivity index (χ1) is 7.84. The molecular formula is C13H12N3+. The molecule has 0 aliphatic heterocycles. The molecule has 3 nitrogen and oxygen atoms in total. The average molecular weight is 210 g/mol. The third kappa shape index (κ3) is 1.34. The van der Waals surface area contributed by atoms with Gasteiger partial charge in [0.05, 0.1) is 0 Å². The van der Waals surface area contributed by atoms with Crippen LogP contribution in [0.4, 0.5) is 5.69 Å². The number of aromatic amines is 1. The van der Waals surface area contributed by atoms with E-state index in [2.05, 4.69) is 21.7 Å². The number of benzene rings is 2. The molecule has 3 heteroatoms. The Hall–Kier alpha value is -2.29. The number of nitrogens with zero attached hydrogens (tertiary/aromatic N) is 1. The van der Waals surface area contributed by atoms with Gasteiger partial charge in [0.25, 0.3) is 0 Å². The summed E-state index contributed by atoms with van der Waals surface area (Å²) in [7, 11) is 0. The van der Waals surface area contributed by atoms with Crippen molar-refractivity contribution < 1.29 is 4.57 Å². The van der Waals surface area contributed by atoms with Crippen LogP contribution in [0.15, 0.2) is 54.9 Å². The molecule has 0 aliphatic rings. The van der Waals surface area contributed by atoms with Gasteiger partial charge >= 0.3 is 0 Å². The van der Waals surface area contributed by atoms with Crippen molar-refractivity contribution in [3.8, 4) is 5.69 Å². The van der Waals surface area contributed by atoms with Gasteiger partial charge < -0.3 is 5.73 Å². The van der Waals surface area contributed by atoms with Gasteiger partial charge in [-0.3, -0.25) is 0 Å². The average Bonchev–Trinajstić information content (AvgIpc) is 2.73. The molecule has 1 heterocycles. The Balaban J connectivity index is 2.29. The summed E-state index contributed by atoms with van der Waals surface area (Å²) in [5, 5.41) is 0. The first-order valence-corrected chi connectivity index (χ1v) is 5.18. The van der Waals surface area contributed by atoms with Crippen LogP contribution in [0.25, 0.3) is 16.7 Å². The largest absolute Gasteiger partial charge is 0.399 e. The monoisotopic (exact) mass is 210 g/mol. The molecule has 0 radical (unpaired) electrons. The van der Waals surface area contributed by atoms with Crippen molar-refractivity contribution >= 4 is 16.7 Å². The lowest BCUT2D eigenvalue weighted by Gasteiger charge is -1.96. The molecule has 0 aliphatic carbocycles. The standard InChI is InChI=1S/C13H11N3/c14-10-6-7-12-13(8-10)16(9-15-12)11-4-2-1-3-5-11/h1-9H,14H2/p+1. The summed E-state index contributed by atoms with van der Waals surface area (Å²) < 4.78 is 2.09. The SMILES string of the molecule is Nc1ccc2[nH]c[n+](-c3ccccc3)c2c1. The number of nitrogens with two attached hydrogens (primary N) is 1. The molecule has 3 aromatic rings. The number of H-pyrrole nitrogens is 1. The Morgan fingerprint density at radius 3 is 2.62 bits per heavy atom. The lowest BCUT2D eigenvalue weighted by Crippen LogP contribution is -2.28. The first kappa shape index (κ1) is 8.97. The fourth-order valence-electron chi connectivity index (χ4n) is 1.88. The summed E-state index contributed by atoms with van der Waals surface area (Å²) >= 11 is 0. The van der Waals surface area contributed by atoms with Crippen LogP contribution in [0.3, 0.4) is 0 Å². The molecule has 0 spiro atoms. The number of nitrogen functional groups attached to an aromatic ring is 1. The maximum Gasteiger partial charge on any atom is 0.247 e. The van der Waals surface area contributed by atoms with Crippen LogP contribution in [0.1, 0.15) is 0 Å². The molecule has 3 rings (SSSR count). The predicted molar refractivity (Wildman–Crippen MR) is 64.2 cm³/mol. The van der Waals surface area contributed by atoms with Crippen LogP contribution >= 0.6 is 0 Å². The Morgan fingerprint density at radius 2 is 1.81 bits per heavy atom. The molecule has 1 aromatic heterocycles. The quantitative estimate of drug-likeness (QED) is 0.468. The Labute approximate surface area is 93.1 Å². The molecule has 0 atom stereocenters. The first-order valence-electron chi connectivity index (χ1n) is 5.18. The zero-order valence-electron chi connectivity index (χ0n) is 8.72. The van der Waals surface area contributed by atoms with E-state index in [1.165, 1.54) is 0 Å². The van der Waals surface area contributed by atoms with E-state index < -0.39 is 0 Å². The third-order valence-electron chi connectivity index (χ3n) is 2.66. The van der Waals surface area contributed by atoms with Gasteiger partial charge in [-0.1, -0.05) is 18.2 Å².